The molecule has 0 bridgehead atoms. The monoisotopic (exact) mass is 273 g/mol. The second kappa shape index (κ2) is 6.53. The second-order valence-corrected chi connectivity index (χ2v) is 4.95. The van der Waals surface area contributed by atoms with Crippen molar-refractivity contribution in [3.8, 4) is 16.9 Å². The lowest BCUT2D eigenvalue weighted by Crippen LogP contribution is -2.04. The van der Waals surface area contributed by atoms with E-state index in [4.69, 9.17) is 10.5 Å². The van der Waals surface area contributed by atoms with Crippen molar-refractivity contribution in [2.24, 2.45) is 5.73 Å². The first-order chi connectivity index (χ1) is 9.65. The highest BCUT2D eigenvalue weighted by atomic mass is 19.1. The van der Waals surface area contributed by atoms with Crippen LogP contribution in [0, 0.1) is 5.82 Å². The van der Waals surface area contributed by atoms with Gasteiger partial charge in [0.2, 0.25) is 0 Å². The fourth-order valence-electron chi connectivity index (χ4n) is 2.26. The largest absolute Gasteiger partial charge is 0.497 e. The molecule has 20 heavy (non-hydrogen) atoms. The van der Waals surface area contributed by atoms with Crippen LogP contribution < -0.4 is 10.5 Å². The van der Waals surface area contributed by atoms with Crippen LogP contribution in [0.5, 0.6) is 5.75 Å². The van der Waals surface area contributed by atoms with Gasteiger partial charge in [-0.05, 0) is 54.3 Å². The molecule has 2 nitrogen and oxygen atoms in total. The Balaban J connectivity index is 2.36. The van der Waals surface area contributed by atoms with Crippen molar-refractivity contribution in [1.29, 1.82) is 0 Å². The lowest BCUT2D eigenvalue weighted by molar-refractivity contribution is 0.415. The molecule has 0 saturated heterocycles. The van der Waals surface area contributed by atoms with Crippen molar-refractivity contribution in [1.82, 2.24) is 0 Å². The molecule has 0 saturated carbocycles. The van der Waals surface area contributed by atoms with Crippen LogP contribution in [0.25, 0.3) is 11.1 Å². The van der Waals surface area contributed by atoms with E-state index in [0.717, 1.165) is 23.3 Å². The summed E-state index contributed by atoms with van der Waals surface area (Å²) >= 11 is 0. The second-order valence-electron chi connectivity index (χ2n) is 4.95. The van der Waals surface area contributed by atoms with Crippen LogP contribution in [0.2, 0.25) is 0 Å². The van der Waals surface area contributed by atoms with E-state index in [2.05, 4.69) is 6.92 Å². The van der Waals surface area contributed by atoms with Gasteiger partial charge in [-0.25, -0.2) is 4.39 Å². The standard InChI is InChI=1S/C17H20FNO/c1-12(9-10-19)14-5-8-17(18)16(11-14)13-3-6-15(20-2)7-4-13/h3-8,11-12H,9-10,19H2,1-2H3. The van der Waals surface area contributed by atoms with Crippen LogP contribution in [0.15, 0.2) is 42.5 Å². The van der Waals surface area contributed by atoms with Crippen molar-refractivity contribution in [3.63, 3.8) is 0 Å². The summed E-state index contributed by atoms with van der Waals surface area (Å²) in [6.45, 7) is 2.74. The van der Waals surface area contributed by atoms with E-state index in [9.17, 15) is 4.39 Å². The Morgan fingerprint density at radius 2 is 1.85 bits per heavy atom. The zero-order valence-corrected chi connectivity index (χ0v) is 11.9. The van der Waals surface area contributed by atoms with Gasteiger partial charge in [0.15, 0.2) is 0 Å². The molecule has 2 aromatic rings. The highest BCUT2D eigenvalue weighted by Crippen LogP contribution is 2.29. The Hall–Kier alpha value is -1.87. The molecule has 0 spiro atoms. The maximum atomic E-state index is 14.0. The lowest BCUT2D eigenvalue weighted by Gasteiger charge is -2.13. The third kappa shape index (κ3) is 3.17. The highest BCUT2D eigenvalue weighted by molar-refractivity contribution is 5.65. The smallest absolute Gasteiger partial charge is 0.131 e. The van der Waals surface area contributed by atoms with Crippen LogP contribution in [-0.2, 0) is 0 Å². The van der Waals surface area contributed by atoms with Gasteiger partial charge in [0, 0.05) is 5.56 Å². The minimum Gasteiger partial charge on any atom is -0.497 e. The Kier molecular flexibility index (Phi) is 4.74. The highest BCUT2D eigenvalue weighted by Gasteiger charge is 2.10. The van der Waals surface area contributed by atoms with Gasteiger partial charge in [-0.15, -0.1) is 0 Å². The molecular weight excluding hydrogens is 253 g/mol. The third-order valence-corrected chi connectivity index (χ3v) is 3.56. The summed E-state index contributed by atoms with van der Waals surface area (Å²) in [6.07, 6.45) is 0.897. The minimum absolute atomic E-state index is 0.209. The molecule has 3 heteroatoms. The number of hydrogen-bond acceptors (Lipinski definition) is 2. The molecule has 2 N–H and O–H groups in total. The van der Waals surface area contributed by atoms with E-state index in [0.29, 0.717) is 18.0 Å². The summed E-state index contributed by atoms with van der Waals surface area (Å²) in [6, 6.07) is 12.7. The third-order valence-electron chi connectivity index (χ3n) is 3.56. The van der Waals surface area contributed by atoms with E-state index < -0.39 is 0 Å². The number of ether oxygens (including phenoxy) is 1. The fraction of sp³-hybridized carbons (Fsp3) is 0.294. The fourth-order valence-corrected chi connectivity index (χ4v) is 2.26. The molecule has 0 amide bonds. The molecule has 1 unspecified atom stereocenters. The van der Waals surface area contributed by atoms with Crippen LogP contribution in [0.1, 0.15) is 24.8 Å². The van der Waals surface area contributed by atoms with Crippen molar-refractivity contribution in [3.05, 3.63) is 53.8 Å². The van der Waals surface area contributed by atoms with Crippen molar-refractivity contribution < 1.29 is 9.13 Å². The van der Waals surface area contributed by atoms with E-state index in [-0.39, 0.29) is 5.82 Å². The van der Waals surface area contributed by atoms with Gasteiger partial charge in [0.1, 0.15) is 11.6 Å². The molecule has 0 aliphatic heterocycles. The van der Waals surface area contributed by atoms with Crippen molar-refractivity contribution in [2.45, 2.75) is 19.3 Å². The van der Waals surface area contributed by atoms with Gasteiger partial charge in [-0.3, -0.25) is 0 Å². The molecule has 1 atom stereocenters. The molecule has 0 aromatic heterocycles. The predicted octanol–water partition coefficient (Wildman–Crippen LogP) is 3.95. The molecule has 0 fully saturated rings. The van der Waals surface area contributed by atoms with Gasteiger partial charge in [-0.1, -0.05) is 25.1 Å². The van der Waals surface area contributed by atoms with Crippen LogP contribution in [0.4, 0.5) is 4.39 Å². The maximum Gasteiger partial charge on any atom is 0.131 e. The molecule has 0 aliphatic rings. The summed E-state index contributed by atoms with van der Waals surface area (Å²) in [4.78, 5) is 0. The van der Waals surface area contributed by atoms with Gasteiger partial charge < -0.3 is 10.5 Å². The molecule has 0 heterocycles. The predicted molar refractivity (Wildman–Crippen MR) is 80.5 cm³/mol. The van der Waals surface area contributed by atoms with Crippen molar-refractivity contribution >= 4 is 0 Å². The number of methoxy groups -OCH3 is 1. The van der Waals surface area contributed by atoms with E-state index >= 15 is 0 Å². The maximum absolute atomic E-state index is 14.0. The first kappa shape index (κ1) is 14.5. The number of benzene rings is 2. The molecule has 2 rings (SSSR count). The van der Waals surface area contributed by atoms with Gasteiger partial charge in [0.25, 0.3) is 0 Å². The summed E-state index contributed by atoms with van der Waals surface area (Å²) in [7, 11) is 1.62. The molecule has 0 radical (unpaired) electrons. The Labute approximate surface area is 119 Å². The average molecular weight is 273 g/mol. The molecule has 0 aliphatic carbocycles. The molecular formula is C17H20FNO. The quantitative estimate of drug-likeness (QED) is 0.895. The lowest BCUT2D eigenvalue weighted by atomic mass is 9.94. The molecule has 106 valence electrons. The van der Waals surface area contributed by atoms with Gasteiger partial charge >= 0.3 is 0 Å². The topological polar surface area (TPSA) is 35.2 Å². The zero-order valence-electron chi connectivity index (χ0n) is 11.9. The SMILES string of the molecule is COc1ccc(-c2cc(C(C)CCN)ccc2F)cc1. The van der Waals surface area contributed by atoms with Crippen LogP contribution in [-0.4, -0.2) is 13.7 Å². The van der Waals surface area contributed by atoms with Gasteiger partial charge in [-0.2, -0.15) is 0 Å². The van der Waals surface area contributed by atoms with E-state index in [1.807, 2.05) is 36.4 Å². The van der Waals surface area contributed by atoms with E-state index in [1.165, 1.54) is 6.07 Å². The normalized spacial score (nSPS) is 12.2. The first-order valence-electron chi connectivity index (χ1n) is 6.79. The van der Waals surface area contributed by atoms with Crippen LogP contribution in [0.3, 0.4) is 0 Å². The average Bonchev–Trinajstić information content (AvgIpc) is 2.48. The Bertz CT molecular complexity index is 566. The van der Waals surface area contributed by atoms with Crippen molar-refractivity contribution in [2.75, 3.05) is 13.7 Å². The number of halogens is 1. The summed E-state index contributed by atoms with van der Waals surface area (Å²) in [5, 5.41) is 0. The van der Waals surface area contributed by atoms with Gasteiger partial charge in [0.05, 0.1) is 7.11 Å². The number of rotatable bonds is 5. The number of hydrogen-bond donors (Lipinski definition) is 1. The minimum atomic E-state index is -0.209. The summed E-state index contributed by atoms with van der Waals surface area (Å²) in [5.41, 5.74) is 8.17. The Morgan fingerprint density at radius 1 is 1.15 bits per heavy atom. The van der Waals surface area contributed by atoms with Crippen LogP contribution >= 0.6 is 0 Å². The Morgan fingerprint density at radius 3 is 2.45 bits per heavy atom. The molecule has 2 aromatic carbocycles. The summed E-state index contributed by atoms with van der Waals surface area (Å²) < 4.78 is 19.2. The first-order valence-corrected chi connectivity index (χ1v) is 6.79. The summed E-state index contributed by atoms with van der Waals surface area (Å²) in [5.74, 6) is 0.887. The number of nitrogens with two attached hydrogens (primary N) is 1. The zero-order chi connectivity index (χ0) is 14.5. The van der Waals surface area contributed by atoms with E-state index in [1.54, 1.807) is 7.11 Å².